The molecule has 31 heavy (non-hydrogen) atoms. The Balaban J connectivity index is 1.43. The normalized spacial score (nSPS) is 25.7. The number of aromatic nitrogens is 2. The van der Waals surface area contributed by atoms with Gasteiger partial charge in [-0.05, 0) is 76.5 Å². The van der Waals surface area contributed by atoms with Crippen molar-refractivity contribution in [3.8, 4) is 11.3 Å². The molecule has 0 bridgehead atoms. The van der Waals surface area contributed by atoms with E-state index in [1.807, 2.05) is 24.3 Å². The van der Waals surface area contributed by atoms with Gasteiger partial charge in [-0.25, -0.2) is 9.97 Å². The molecule has 1 saturated heterocycles. The number of rotatable bonds is 6. The summed E-state index contributed by atoms with van der Waals surface area (Å²) in [6.45, 7) is 6.04. The van der Waals surface area contributed by atoms with Crippen molar-refractivity contribution in [3.63, 3.8) is 0 Å². The summed E-state index contributed by atoms with van der Waals surface area (Å²) in [7, 11) is 0. The van der Waals surface area contributed by atoms with Gasteiger partial charge in [0, 0.05) is 37.0 Å². The van der Waals surface area contributed by atoms with Gasteiger partial charge in [0.2, 0.25) is 0 Å². The highest BCUT2D eigenvalue weighted by Crippen LogP contribution is 2.31. The molecule has 0 unspecified atom stereocenters. The number of ether oxygens (including phenoxy) is 1. The van der Waals surface area contributed by atoms with Crippen molar-refractivity contribution in [1.29, 1.82) is 0 Å². The molecule has 4 N–H and O–H groups in total. The van der Waals surface area contributed by atoms with E-state index in [0.29, 0.717) is 23.0 Å². The maximum Gasteiger partial charge on any atom is 0.126 e. The number of pyridine rings is 2. The van der Waals surface area contributed by atoms with Crippen LogP contribution in [0.4, 0.5) is 11.6 Å². The molecule has 168 valence electrons. The maximum atomic E-state index is 6.49. The number of nitrogens with two attached hydrogens (primary N) is 1. The fraction of sp³-hybridized carbons (Fsp3) is 0.583. The molecular weight excluding hydrogens is 410 g/mol. The Bertz CT molecular complexity index is 882. The van der Waals surface area contributed by atoms with Crippen molar-refractivity contribution in [2.75, 3.05) is 23.8 Å². The highest BCUT2D eigenvalue weighted by atomic mass is 35.5. The van der Waals surface area contributed by atoms with E-state index in [0.717, 1.165) is 74.6 Å². The predicted octanol–water partition coefficient (Wildman–Crippen LogP) is 5.10. The molecule has 1 aliphatic heterocycles. The average Bonchev–Trinajstić information content (AvgIpc) is 2.75. The molecular formula is C24H34ClN5O. The molecule has 0 spiro atoms. The van der Waals surface area contributed by atoms with E-state index in [1.165, 1.54) is 0 Å². The minimum atomic E-state index is -0.0444. The summed E-state index contributed by atoms with van der Waals surface area (Å²) in [5, 5.41) is 7.67. The molecule has 0 radical (unpaired) electrons. The van der Waals surface area contributed by atoms with Crippen molar-refractivity contribution < 1.29 is 4.74 Å². The smallest absolute Gasteiger partial charge is 0.126 e. The lowest BCUT2D eigenvalue weighted by Gasteiger charge is -2.35. The third-order valence-corrected chi connectivity index (χ3v) is 6.68. The Kier molecular flexibility index (Phi) is 6.99. The number of anilines is 2. The topological polar surface area (TPSA) is 85.1 Å². The zero-order chi connectivity index (χ0) is 21.8. The Morgan fingerprint density at radius 2 is 1.97 bits per heavy atom. The highest BCUT2D eigenvalue weighted by Gasteiger charge is 2.28. The van der Waals surface area contributed by atoms with E-state index >= 15 is 0 Å². The van der Waals surface area contributed by atoms with E-state index in [4.69, 9.17) is 27.1 Å². The first-order valence-electron chi connectivity index (χ1n) is 11.4. The van der Waals surface area contributed by atoms with Crippen LogP contribution in [0.25, 0.3) is 11.3 Å². The van der Waals surface area contributed by atoms with Crippen molar-refractivity contribution in [2.24, 2.45) is 11.7 Å². The van der Waals surface area contributed by atoms with Crippen LogP contribution >= 0.6 is 11.6 Å². The van der Waals surface area contributed by atoms with Crippen molar-refractivity contribution in [3.05, 3.63) is 35.5 Å². The Morgan fingerprint density at radius 3 is 2.74 bits per heavy atom. The van der Waals surface area contributed by atoms with E-state index in [1.54, 1.807) is 6.20 Å². The molecule has 7 heteroatoms. The molecule has 1 saturated carbocycles. The summed E-state index contributed by atoms with van der Waals surface area (Å²) in [6, 6.07) is 8.76. The van der Waals surface area contributed by atoms with Crippen LogP contribution in [0.1, 0.15) is 52.4 Å². The van der Waals surface area contributed by atoms with Crippen LogP contribution in [0.2, 0.25) is 5.02 Å². The van der Waals surface area contributed by atoms with Crippen LogP contribution in [-0.4, -0.2) is 40.8 Å². The van der Waals surface area contributed by atoms with Crippen molar-refractivity contribution in [1.82, 2.24) is 9.97 Å². The van der Waals surface area contributed by atoms with Crippen LogP contribution < -0.4 is 16.4 Å². The summed E-state index contributed by atoms with van der Waals surface area (Å²) in [4.78, 5) is 9.31. The first-order valence-corrected chi connectivity index (χ1v) is 11.8. The predicted molar refractivity (Wildman–Crippen MR) is 128 cm³/mol. The van der Waals surface area contributed by atoms with Crippen LogP contribution in [0.3, 0.4) is 0 Å². The van der Waals surface area contributed by atoms with Gasteiger partial charge in [-0.15, -0.1) is 0 Å². The van der Waals surface area contributed by atoms with Gasteiger partial charge in [-0.2, -0.15) is 0 Å². The standard InChI is InChI=1S/C24H34ClN5O/c1-24(2)13-16(10-11-31-24)14-27-22-5-3-4-21(30-22)19-12-23(28-15-20(19)25)29-18-8-6-17(26)7-9-18/h3-5,12,15-18H,6-11,13-14,26H2,1-2H3,(H,27,30)(H,28,29)/t16-,17-,18-/m1/s1. The Morgan fingerprint density at radius 1 is 1.16 bits per heavy atom. The molecule has 0 amide bonds. The summed E-state index contributed by atoms with van der Waals surface area (Å²) in [5.74, 6) is 2.29. The third-order valence-electron chi connectivity index (χ3n) is 6.38. The number of hydrogen-bond acceptors (Lipinski definition) is 6. The second kappa shape index (κ2) is 9.72. The van der Waals surface area contributed by atoms with Crippen LogP contribution in [0.15, 0.2) is 30.5 Å². The number of hydrogen-bond donors (Lipinski definition) is 3. The van der Waals surface area contributed by atoms with Gasteiger partial charge in [0.15, 0.2) is 0 Å². The lowest BCUT2D eigenvalue weighted by molar-refractivity contribution is -0.0699. The first-order chi connectivity index (χ1) is 14.9. The molecule has 1 aliphatic carbocycles. The summed E-state index contributed by atoms with van der Waals surface area (Å²) < 4.78 is 5.83. The molecule has 4 rings (SSSR count). The van der Waals surface area contributed by atoms with Crippen LogP contribution in [0, 0.1) is 5.92 Å². The van der Waals surface area contributed by atoms with E-state index in [9.17, 15) is 0 Å². The minimum Gasteiger partial charge on any atom is -0.376 e. The average molecular weight is 444 g/mol. The monoisotopic (exact) mass is 443 g/mol. The molecule has 2 aromatic heterocycles. The van der Waals surface area contributed by atoms with Gasteiger partial charge in [-0.3, -0.25) is 0 Å². The van der Waals surface area contributed by atoms with E-state index < -0.39 is 0 Å². The molecule has 2 aromatic rings. The number of nitrogens with one attached hydrogen (secondary N) is 2. The van der Waals surface area contributed by atoms with Gasteiger partial charge < -0.3 is 21.1 Å². The quantitative estimate of drug-likeness (QED) is 0.576. The van der Waals surface area contributed by atoms with Crippen molar-refractivity contribution >= 4 is 23.2 Å². The minimum absolute atomic E-state index is 0.0444. The molecule has 0 aromatic carbocycles. The molecule has 2 aliphatic rings. The summed E-state index contributed by atoms with van der Waals surface area (Å²) >= 11 is 6.49. The van der Waals surface area contributed by atoms with Gasteiger partial charge in [0.25, 0.3) is 0 Å². The molecule has 2 fully saturated rings. The molecule has 3 heterocycles. The highest BCUT2D eigenvalue weighted by molar-refractivity contribution is 6.33. The number of halogens is 1. The van der Waals surface area contributed by atoms with Gasteiger partial charge in [0.05, 0.1) is 16.3 Å². The second-order valence-corrected chi connectivity index (χ2v) is 9.97. The maximum absolute atomic E-state index is 6.49. The summed E-state index contributed by atoms with van der Waals surface area (Å²) in [6.07, 6.45) is 8.09. The van der Waals surface area contributed by atoms with Crippen LogP contribution in [0.5, 0.6) is 0 Å². The van der Waals surface area contributed by atoms with Gasteiger partial charge in [0.1, 0.15) is 11.6 Å². The Labute approximate surface area is 190 Å². The lowest BCUT2D eigenvalue weighted by Crippen LogP contribution is -2.36. The summed E-state index contributed by atoms with van der Waals surface area (Å²) in [5.41, 5.74) is 7.72. The largest absolute Gasteiger partial charge is 0.376 e. The van der Waals surface area contributed by atoms with Crippen molar-refractivity contribution in [2.45, 2.75) is 70.1 Å². The first kappa shape index (κ1) is 22.3. The van der Waals surface area contributed by atoms with E-state index in [2.05, 4.69) is 29.5 Å². The zero-order valence-corrected chi connectivity index (χ0v) is 19.3. The molecule has 1 atom stereocenters. The SMILES string of the molecule is CC1(C)C[C@H](CNc2cccc(-c3cc(N[C@H]4CC[C@H](N)CC4)ncc3Cl)n2)CCO1. The number of nitrogens with zero attached hydrogens (tertiary/aromatic N) is 2. The third kappa shape index (κ3) is 6.09. The fourth-order valence-corrected chi connectivity index (χ4v) is 4.85. The Hall–Kier alpha value is -1.89. The van der Waals surface area contributed by atoms with Crippen LogP contribution in [-0.2, 0) is 4.74 Å². The molecule has 6 nitrogen and oxygen atoms in total. The van der Waals surface area contributed by atoms with Gasteiger partial charge >= 0.3 is 0 Å². The fourth-order valence-electron chi connectivity index (χ4n) is 4.65. The van der Waals surface area contributed by atoms with E-state index in [-0.39, 0.29) is 5.60 Å². The zero-order valence-electron chi connectivity index (χ0n) is 18.5. The van der Waals surface area contributed by atoms with Gasteiger partial charge in [-0.1, -0.05) is 17.7 Å². The lowest BCUT2D eigenvalue weighted by atomic mass is 9.88. The second-order valence-electron chi connectivity index (χ2n) is 9.56.